The third-order valence-electron chi connectivity index (χ3n) is 5.01. The van der Waals surface area contributed by atoms with Gasteiger partial charge in [0.15, 0.2) is 0 Å². The van der Waals surface area contributed by atoms with E-state index in [-0.39, 0.29) is 25.7 Å². The number of carbonyl (C=O) groups is 4. The fourth-order valence-corrected chi connectivity index (χ4v) is 3.40. The van der Waals surface area contributed by atoms with Crippen LogP contribution in [0.4, 0.5) is 4.39 Å². The molecule has 7 nitrogen and oxygen atoms in total. The zero-order chi connectivity index (χ0) is 20.6. The fraction of sp³-hybridized carbons (Fsp3) is 0.700. The Morgan fingerprint density at radius 3 is 2.54 bits per heavy atom. The van der Waals surface area contributed by atoms with Gasteiger partial charge in [-0.2, -0.15) is 0 Å². The second kappa shape index (κ2) is 10.3. The molecule has 0 spiro atoms. The summed E-state index contributed by atoms with van der Waals surface area (Å²) in [5.41, 5.74) is -1.03. The summed E-state index contributed by atoms with van der Waals surface area (Å²) in [4.78, 5) is 51.4. The lowest BCUT2D eigenvalue weighted by Gasteiger charge is -2.24. The Hall–Kier alpha value is -2.25. The molecule has 1 aliphatic heterocycles. The van der Waals surface area contributed by atoms with Crippen molar-refractivity contribution in [2.45, 2.75) is 83.2 Å². The van der Waals surface area contributed by atoms with Crippen molar-refractivity contribution in [2.75, 3.05) is 6.54 Å². The number of hydrogen-bond donors (Lipinski definition) is 1. The molecule has 1 aliphatic carbocycles. The van der Waals surface area contributed by atoms with Crippen LogP contribution in [0.15, 0.2) is 11.6 Å². The minimum absolute atomic E-state index is 0.0661. The van der Waals surface area contributed by atoms with E-state index in [2.05, 4.69) is 5.32 Å². The summed E-state index contributed by atoms with van der Waals surface area (Å²) in [5, 5.41) is 3.18. The fourth-order valence-electron chi connectivity index (χ4n) is 3.40. The second-order valence-electron chi connectivity index (χ2n) is 7.53. The number of allylic oxidation sites excluding steroid dienone is 1. The van der Waals surface area contributed by atoms with Gasteiger partial charge in [0.05, 0.1) is 0 Å². The predicted octanol–water partition coefficient (Wildman–Crippen LogP) is 2.89. The summed E-state index contributed by atoms with van der Waals surface area (Å²) in [6.45, 7) is 2.19. The molecule has 0 aromatic rings. The molecule has 1 saturated heterocycles. The van der Waals surface area contributed by atoms with Crippen LogP contribution in [0, 0.1) is 0 Å². The Labute approximate surface area is 164 Å². The molecule has 0 aromatic heterocycles. The highest BCUT2D eigenvalue weighted by Gasteiger charge is 2.36. The number of unbranched alkanes of at least 4 members (excludes halogenated alkanes) is 2. The molecule has 2 rings (SSSR count). The van der Waals surface area contributed by atoms with Gasteiger partial charge in [0.2, 0.25) is 5.67 Å². The van der Waals surface area contributed by atoms with Crippen molar-refractivity contribution in [3.63, 3.8) is 0 Å². The molecule has 1 fully saturated rings. The van der Waals surface area contributed by atoms with Crippen LogP contribution in [-0.2, 0) is 24.0 Å². The lowest BCUT2D eigenvalue weighted by molar-refractivity contribution is -0.197. The highest BCUT2D eigenvalue weighted by molar-refractivity contribution is 6.01. The molecule has 1 N–H and O–H groups in total. The molecule has 1 heterocycles. The largest absolute Gasteiger partial charge is 0.353 e. The molecule has 28 heavy (non-hydrogen) atoms. The summed E-state index contributed by atoms with van der Waals surface area (Å²) < 4.78 is 15.0. The molecule has 1 atom stereocenters. The van der Waals surface area contributed by atoms with Crippen molar-refractivity contribution in [1.29, 1.82) is 0 Å². The maximum Gasteiger partial charge on any atom is 0.333 e. The van der Waals surface area contributed by atoms with Gasteiger partial charge in [-0.3, -0.25) is 14.4 Å². The zero-order valence-corrected chi connectivity index (χ0v) is 16.4. The number of nitrogens with zero attached hydrogens (tertiary/aromatic N) is 1. The van der Waals surface area contributed by atoms with Crippen LogP contribution < -0.4 is 5.32 Å². The smallest absolute Gasteiger partial charge is 0.333 e. The van der Waals surface area contributed by atoms with Crippen LogP contribution in [0.2, 0.25) is 0 Å². The second-order valence-corrected chi connectivity index (χ2v) is 7.53. The van der Waals surface area contributed by atoms with E-state index in [4.69, 9.17) is 4.84 Å². The van der Waals surface area contributed by atoms with Crippen LogP contribution >= 0.6 is 0 Å². The molecule has 156 valence electrons. The van der Waals surface area contributed by atoms with Gasteiger partial charge in [0, 0.05) is 25.8 Å². The molecule has 3 amide bonds. The number of rotatable bonds is 8. The minimum Gasteiger partial charge on any atom is -0.353 e. The minimum atomic E-state index is -1.94. The van der Waals surface area contributed by atoms with Crippen LogP contribution in [-0.4, -0.2) is 41.0 Å². The third kappa shape index (κ3) is 6.42. The first-order valence-corrected chi connectivity index (χ1v) is 10.0. The molecule has 8 heteroatoms. The van der Waals surface area contributed by atoms with E-state index in [9.17, 15) is 23.6 Å². The lowest BCUT2D eigenvalue weighted by atomic mass is 9.90. The first kappa shape index (κ1) is 22.0. The van der Waals surface area contributed by atoms with E-state index in [0.717, 1.165) is 24.8 Å². The normalized spacial score (nSPS) is 24.9. The molecule has 1 unspecified atom stereocenters. The van der Waals surface area contributed by atoms with Crippen molar-refractivity contribution >= 4 is 23.7 Å². The van der Waals surface area contributed by atoms with E-state index in [1.54, 1.807) is 0 Å². The molecular weight excluding hydrogens is 367 g/mol. The molecule has 2 aliphatic rings. The van der Waals surface area contributed by atoms with Crippen LogP contribution in [0.3, 0.4) is 0 Å². The van der Waals surface area contributed by atoms with Gasteiger partial charge in [-0.05, 0) is 51.5 Å². The Balaban J connectivity index is 1.63. The first-order chi connectivity index (χ1) is 13.3. The van der Waals surface area contributed by atoms with E-state index in [1.165, 1.54) is 6.08 Å². The van der Waals surface area contributed by atoms with Crippen LogP contribution in [0.5, 0.6) is 0 Å². The highest BCUT2D eigenvalue weighted by atomic mass is 19.1. The quantitative estimate of drug-likeness (QED) is 0.387. The average molecular weight is 396 g/mol. The number of hydroxylamine groups is 2. The Bertz CT molecular complexity index is 633. The van der Waals surface area contributed by atoms with Crippen molar-refractivity contribution < 1.29 is 28.4 Å². The molecule has 0 radical (unpaired) electrons. The number of nitrogens with one attached hydrogen (secondary N) is 1. The van der Waals surface area contributed by atoms with Gasteiger partial charge >= 0.3 is 5.97 Å². The number of carbonyl (C=O) groups excluding carboxylic acids is 4. The Kier molecular flexibility index (Phi) is 8.14. The SMILES string of the molecule is C/C1=C/C(F)(C(=O)NCCCCCC(=O)ON2C(=O)CCC2=O)CCCCC1. The van der Waals surface area contributed by atoms with E-state index >= 15 is 0 Å². The summed E-state index contributed by atoms with van der Waals surface area (Å²) in [7, 11) is 0. The Morgan fingerprint density at radius 2 is 1.82 bits per heavy atom. The maximum absolute atomic E-state index is 15.0. The van der Waals surface area contributed by atoms with Gasteiger partial charge < -0.3 is 10.2 Å². The van der Waals surface area contributed by atoms with Crippen molar-refractivity contribution in [2.24, 2.45) is 0 Å². The van der Waals surface area contributed by atoms with Gasteiger partial charge in [-0.25, -0.2) is 9.18 Å². The standard InChI is InChI=1S/C20H29FN2O5/c1-15-8-4-2-6-12-20(21,14-15)19(27)22-13-7-3-5-9-18(26)28-23-16(24)10-11-17(23)25/h14H,2-13H2,1H3,(H,22,27)/b15-14-. The number of alkyl halides is 1. The summed E-state index contributed by atoms with van der Waals surface area (Å²) in [5.74, 6) is -2.23. The number of amides is 3. The van der Waals surface area contributed by atoms with Gasteiger partial charge in [0.25, 0.3) is 17.7 Å². The molecule has 0 aromatic carbocycles. The van der Waals surface area contributed by atoms with E-state index < -0.39 is 29.4 Å². The molecular formula is C20H29FN2O5. The molecule has 0 saturated carbocycles. The van der Waals surface area contributed by atoms with Gasteiger partial charge in [0.1, 0.15) is 0 Å². The topological polar surface area (TPSA) is 92.8 Å². The summed E-state index contributed by atoms with van der Waals surface area (Å²) in [6, 6.07) is 0. The maximum atomic E-state index is 15.0. The van der Waals surface area contributed by atoms with Crippen molar-refractivity contribution in [3.05, 3.63) is 11.6 Å². The summed E-state index contributed by atoms with van der Waals surface area (Å²) >= 11 is 0. The van der Waals surface area contributed by atoms with E-state index in [1.807, 2.05) is 6.92 Å². The van der Waals surface area contributed by atoms with Crippen LogP contribution in [0.1, 0.15) is 77.6 Å². The monoisotopic (exact) mass is 396 g/mol. The zero-order valence-electron chi connectivity index (χ0n) is 16.4. The predicted molar refractivity (Wildman–Crippen MR) is 99.3 cm³/mol. The van der Waals surface area contributed by atoms with Gasteiger partial charge in [-0.15, -0.1) is 5.06 Å². The lowest BCUT2D eigenvalue weighted by Crippen LogP contribution is -2.43. The van der Waals surface area contributed by atoms with Crippen molar-refractivity contribution in [3.8, 4) is 0 Å². The average Bonchev–Trinajstić information content (AvgIpc) is 2.94. The number of imide groups is 1. The third-order valence-corrected chi connectivity index (χ3v) is 5.01. The van der Waals surface area contributed by atoms with Gasteiger partial charge in [-0.1, -0.05) is 18.4 Å². The molecule has 0 bridgehead atoms. The first-order valence-electron chi connectivity index (χ1n) is 10.0. The van der Waals surface area contributed by atoms with E-state index in [0.29, 0.717) is 37.3 Å². The summed E-state index contributed by atoms with van der Waals surface area (Å²) in [6.07, 6.45) is 7.05. The Morgan fingerprint density at radius 1 is 1.11 bits per heavy atom. The number of hydrogen-bond acceptors (Lipinski definition) is 5. The number of halogens is 1. The highest BCUT2D eigenvalue weighted by Crippen LogP contribution is 2.28. The van der Waals surface area contributed by atoms with Crippen molar-refractivity contribution in [1.82, 2.24) is 10.4 Å². The van der Waals surface area contributed by atoms with Crippen LogP contribution in [0.25, 0.3) is 0 Å².